The van der Waals surface area contributed by atoms with Gasteiger partial charge in [-0.1, -0.05) is 32.6 Å². The molecule has 0 saturated heterocycles. The molecule has 0 aliphatic heterocycles. The van der Waals surface area contributed by atoms with Crippen LogP contribution in [0.5, 0.6) is 0 Å². The molecule has 84 valence electrons. The molecule has 0 rings (SSSR count). The van der Waals surface area contributed by atoms with Gasteiger partial charge in [-0.3, -0.25) is 4.79 Å². The van der Waals surface area contributed by atoms with E-state index >= 15 is 0 Å². The van der Waals surface area contributed by atoms with Gasteiger partial charge in [0.1, 0.15) is 0 Å². The third kappa shape index (κ3) is 5.97. The maximum atomic E-state index is 10.4. The number of unbranched alkanes of at least 4 members (excludes halogenated alkanes) is 3. The first-order chi connectivity index (χ1) is 6.76. The van der Waals surface area contributed by atoms with Gasteiger partial charge in [-0.2, -0.15) is 0 Å². The number of nitrogens with one attached hydrogen (secondary N) is 2. The second-order valence-electron chi connectivity index (χ2n) is 3.82. The predicted octanol–water partition coefficient (Wildman–Crippen LogP) is 1.68. The van der Waals surface area contributed by atoms with Crippen LogP contribution in [0.15, 0.2) is 0 Å². The Labute approximate surface area is 87.6 Å². The van der Waals surface area contributed by atoms with Crippen LogP contribution in [0.2, 0.25) is 0 Å². The molecular formula is C11H24N2O. The fraction of sp³-hybridized carbons (Fsp3) is 0.909. The lowest BCUT2D eigenvalue weighted by Crippen LogP contribution is -2.44. The number of carbonyl (C=O) groups is 1. The molecule has 1 amide bonds. The van der Waals surface area contributed by atoms with Crippen molar-refractivity contribution < 1.29 is 4.79 Å². The summed E-state index contributed by atoms with van der Waals surface area (Å²) in [4.78, 5) is 10.4. The highest BCUT2D eigenvalue weighted by molar-refractivity contribution is 5.46. The molecular weight excluding hydrogens is 176 g/mol. The Kier molecular flexibility index (Phi) is 8.64. The molecule has 2 N–H and O–H groups in total. The van der Waals surface area contributed by atoms with Crippen molar-refractivity contribution in [3.8, 4) is 0 Å². The Morgan fingerprint density at radius 2 is 2.00 bits per heavy atom. The van der Waals surface area contributed by atoms with Gasteiger partial charge < -0.3 is 10.6 Å². The molecule has 0 aromatic heterocycles. The zero-order valence-corrected chi connectivity index (χ0v) is 9.68. The van der Waals surface area contributed by atoms with Gasteiger partial charge in [-0.15, -0.1) is 0 Å². The molecule has 3 heteroatoms. The normalized spacial score (nSPS) is 14.8. The van der Waals surface area contributed by atoms with Gasteiger partial charge in [0, 0.05) is 12.1 Å². The largest absolute Gasteiger partial charge is 0.354 e. The van der Waals surface area contributed by atoms with Crippen molar-refractivity contribution >= 4 is 6.41 Å². The van der Waals surface area contributed by atoms with Crippen molar-refractivity contribution in [3.05, 3.63) is 0 Å². The van der Waals surface area contributed by atoms with Gasteiger partial charge in [0.15, 0.2) is 0 Å². The minimum absolute atomic E-state index is 0.273. The van der Waals surface area contributed by atoms with Crippen LogP contribution in [0.1, 0.15) is 46.0 Å². The van der Waals surface area contributed by atoms with Gasteiger partial charge in [0.05, 0.1) is 0 Å². The molecule has 0 bridgehead atoms. The highest BCUT2D eigenvalue weighted by Crippen LogP contribution is 2.07. The Morgan fingerprint density at radius 3 is 2.50 bits per heavy atom. The van der Waals surface area contributed by atoms with Crippen LogP contribution < -0.4 is 10.6 Å². The van der Waals surface area contributed by atoms with Crippen LogP contribution in [0, 0.1) is 0 Å². The van der Waals surface area contributed by atoms with Crippen LogP contribution in [0.3, 0.4) is 0 Å². The van der Waals surface area contributed by atoms with Gasteiger partial charge in [0.25, 0.3) is 0 Å². The fourth-order valence-corrected chi connectivity index (χ4v) is 1.56. The summed E-state index contributed by atoms with van der Waals surface area (Å²) in [5.74, 6) is 0. The first-order valence-electron chi connectivity index (χ1n) is 5.63. The fourth-order valence-electron chi connectivity index (χ4n) is 1.56. The average Bonchev–Trinajstić information content (AvgIpc) is 2.21. The lowest BCUT2D eigenvalue weighted by molar-refractivity contribution is -0.110. The van der Waals surface area contributed by atoms with Crippen molar-refractivity contribution in [1.82, 2.24) is 10.6 Å². The molecule has 2 atom stereocenters. The number of hydrogen-bond acceptors (Lipinski definition) is 2. The summed E-state index contributed by atoms with van der Waals surface area (Å²) < 4.78 is 0. The van der Waals surface area contributed by atoms with Crippen molar-refractivity contribution in [3.63, 3.8) is 0 Å². The third-order valence-electron chi connectivity index (χ3n) is 2.71. The molecule has 0 radical (unpaired) electrons. The summed E-state index contributed by atoms with van der Waals surface area (Å²) >= 11 is 0. The SMILES string of the molecule is CCCCCCC(NC=O)C(C)NC. The summed E-state index contributed by atoms with van der Waals surface area (Å²) in [6.45, 7) is 4.30. The minimum atomic E-state index is 0.273. The summed E-state index contributed by atoms with van der Waals surface area (Å²) in [6.07, 6.45) is 6.89. The lowest BCUT2D eigenvalue weighted by atomic mass is 10.0. The van der Waals surface area contributed by atoms with Crippen LogP contribution in [0.25, 0.3) is 0 Å². The van der Waals surface area contributed by atoms with Gasteiger partial charge in [0.2, 0.25) is 6.41 Å². The lowest BCUT2D eigenvalue weighted by Gasteiger charge is -2.22. The third-order valence-corrected chi connectivity index (χ3v) is 2.71. The highest BCUT2D eigenvalue weighted by Gasteiger charge is 2.13. The van der Waals surface area contributed by atoms with E-state index in [1.807, 2.05) is 7.05 Å². The Hall–Kier alpha value is -0.570. The summed E-state index contributed by atoms with van der Waals surface area (Å²) in [6, 6.07) is 0.621. The van der Waals surface area contributed by atoms with Gasteiger partial charge in [-0.25, -0.2) is 0 Å². The molecule has 0 aliphatic carbocycles. The van der Waals surface area contributed by atoms with Crippen LogP contribution in [-0.4, -0.2) is 25.5 Å². The van der Waals surface area contributed by atoms with Crippen molar-refractivity contribution in [2.24, 2.45) is 0 Å². The second-order valence-corrected chi connectivity index (χ2v) is 3.82. The molecule has 0 aromatic rings. The molecule has 0 spiro atoms. The van der Waals surface area contributed by atoms with Crippen LogP contribution in [-0.2, 0) is 4.79 Å². The molecule has 0 aromatic carbocycles. The predicted molar refractivity (Wildman–Crippen MR) is 60.3 cm³/mol. The van der Waals surface area contributed by atoms with E-state index in [1.165, 1.54) is 25.7 Å². The van der Waals surface area contributed by atoms with Crippen molar-refractivity contribution in [1.29, 1.82) is 0 Å². The van der Waals surface area contributed by atoms with Crippen LogP contribution >= 0.6 is 0 Å². The number of hydrogen-bond donors (Lipinski definition) is 2. The average molecular weight is 200 g/mol. The van der Waals surface area contributed by atoms with Crippen molar-refractivity contribution in [2.45, 2.75) is 58.0 Å². The first kappa shape index (κ1) is 13.4. The molecule has 14 heavy (non-hydrogen) atoms. The minimum Gasteiger partial charge on any atom is -0.354 e. The van der Waals surface area contributed by atoms with E-state index in [9.17, 15) is 4.79 Å². The summed E-state index contributed by atoms with van der Waals surface area (Å²) in [7, 11) is 1.93. The van der Waals surface area contributed by atoms with Gasteiger partial charge in [-0.05, 0) is 20.4 Å². The molecule has 3 nitrogen and oxygen atoms in total. The Balaban J connectivity index is 3.66. The van der Waals surface area contributed by atoms with Crippen LogP contribution in [0.4, 0.5) is 0 Å². The molecule has 0 fully saturated rings. The van der Waals surface area contributed by atoms with E-state index in [0.29, 0.717) is 6.04 Å². The standard InChI is InChI=1S/C11H24N2O/c1-4-5-6-7-8-11(13-9-14)10(2)12-3/h9-12H,4-8H2,1-3H3,(H,13,14). The summed E-state index contributed by atoms with van der Waals surface area (Å²) in [5, 5.41) is 6.04. The quantitative estimate of drug-likeness (QED) is 0.439. The zero-order chi connectivity index (χ0) is 10.8. The monoisotopic (exact) mass is 200 g/mol. The zero-order valence-electron chi connectivity index (χ0n) is 9.68. The number of amides is 1. The van der Waals surface area contributed by atoms with E-state index < -0.39 is 0 Å². The van der Waals surface area contributed by atoms with E-state index in [-0.39, 0.29) is 6.04 Å². The number of carbonyl (C=O) groups excluding carboxylic acids is 1. The Bertz CT molecular complexity index is 139. The molecule has 0 heterocycles. The van der Waals surface area contributed by atoms with E-state index in [0.717, 1.165) is 12.8 Å². The maximum Gasteiger partial charge on any atom is 0.207 e. The van der Waals surface area contributed by atoms with E-state index in [4.69, 9.17) is 0 Å². The molecule has 0 saturated carbocycles. The highest BCUT2D eigenvalue weighted by atomic mass is 16.1. The van der Waals surface area contributed by atoms with Gasteiger partial charge >= 0.3 is 0 Å². The van der Waals surface area contributed by atoms with E-state index in [1.54, 1.807) is 0 Å². The molecule has 2 unspecified atom stereocenters. The topological polar surface area (TPSA) is 41.1 Å². The number of rotatable bonds is 9. The van der Waals surface area contributed by atoms with Crippen molar-refractivity contribution in [2.75, 3.05) is 7.05 Å². The molecule has 0 aliphatic rings. The second kappa shape index (κ2) is 9.00. The van der Waals surface area contributed by atoms with E-state index in [2.05, 4.69) is 24.5 Å². The number of likely N-dealkylation sites (N-methyl/N-ethyl adjacent to an activating group) is 1. The summed E-state index contributed by atoms with van der Waals surface area (Å²) in [5.41, 5.74) is 0. The first-order valence-corrected chi connectivity index (χ1v) is 5.63. The Morgan fingerprint density at radius 1 is 1.29 bits per heavy atom. The maximum absolute atomic E-state index is 10.4. The smallest absolute Gasteiger partial charge is 0.207 e.